The van der Waals surface area contributed by atoms with Gasteiger partial charge in [0.2, 0.25) is 5.82 Å². The largest absolute Gasteiger partial charge is 0.494 e. The predicted molar refractivity (Wildman–Crippen MR) is 92.9 cm³/mol. The van der Waals surface area contributed by atoms with Crippen LogP contribution < -0.4 is 9.46 Å². The highest BCUT2D eigenvalue weighted by atomic mass is 32.2. The predicted octanol–water partition coefficient (Wildman–Crippen LogP) is 3.24. The van der Waals surface area contributed by atoms with Gasteiger partial charge < -0.3 is 4.74 Å². The summed E-state index contributed by atoms with van der Waals surface area (Å²) >= 11 is 0. The van der Waals surface area contributed by atoms with Gasteiger partial charge in [-0.25, -0.2) is 13.0 Å². The second kappa shape index (κ2) is 6.94. The lowest BCUT2D eigenvalue weighted by Crippen LogP contribution is -2.13. The van der Waals surface area contributed by atoms with Crippen LogP contribution in [-0.4, -0.2) is 25.3 Å². The molecule has 0 saturated heterocycles. The summed E-state index contributed by atoms with van der Waals surface area (Å²) in [5.41, 5.74) is 2.11. The van der Waals surface area contributed by atoms with E-state index in [9.17, 15) is 8.42 Å². The number of nitrogens with one attached hydrogen (secondary N) is 1. The number of hydrogen-bond acceptors (Lipinski definition) is 6. The zero-order valence-electron chi connectivity index (χ0n) is 13.8. The van der Waals surface area contributed by atoms with Crippen molar-refractivity contribution in [3.63, 3.8) is 0 Å². The van der Waals surface area contributed by atoms with Crippen LogP contribution >= 0.6 is 0 Å². The molecule has 0 spiro atoms. The first-order valence-corrected chi connectivity index (χ1v) is 9.13. The Morgan fingerprint density at radius 1 is 1.04 bits per heavy atom. The molecule has 0 aliphatic heterocycles. The molecule has 8 heteroatoms. The molecule has 0 bridgehead atoms. The number of sulfonamides is 1. The summed E-state index contributed by atoms with van der Waals surface area (Å²) in [6.07, 6.45) is 0. The van der Waals surface area contributed by atoms with Gasteiger partial charge in [0, 0.05) is 5.56 Å². The van der Waals surface area contributed by atoms with Crippen LogP contribution in [0.1, 0.15) is 12.5 Å². The van der Waals surface area contributed by atoms with E-state index in [4.69, 9.17) is 9.37 Å². The zero-order chi connectivity index (χ0) is 17.9. The highest BCUT2D eigenvalue weighted by molar-refractivity contribution is 7.92. The van der Waals surface area contributed by atoms with Gasteiger partial charge in [-0.05, 0) is 48.4 Å². The normalized spacial score (nSPS) is 11.3. The minimum absolute atomic E-state index is 0.0396. The van der Waals surface area contributed by atoms with E-state index in [1.54, 1.807) is 12.1 Å². The summed E-state index contributed by atoms with van der Waals surface area (Å²) in [5.74, 6) is 0.641. The molecule has 0 radical (unpaired) electrons. The van der Waals surface area contributed by atoms with Crippen LogP contribution in [0.2, 0.25) is 0 Å². The second-order valence-corrected chi connectivity index (χ2v) is 7.02. The fourth-order valence-electron chi connectivity index (χ4n) is 2.22. The van der Waals surface area contributed by atoms with Gasteiger partial charge in [-0.15, -0.1) is 0 Å². The van der Waals surface area contributed by atoms with E-state index in [-0.39, 0.29) is 10.7 Å². The minimum Gasteiger partial charge on any atom is -0.494 e. The van der Waals surface area contributed by atoms with Crippen LogP contribution in [0.25, 0.3) is 11.3 Å². The van der Waals surface area contributed by atoms with Crippen LogP contribution in [0, 0.1) is 6.92 Å². The van der Waals surface area contributed by atoms with Gasteiger partial charge in [0.15, 0.2) is 5.69 Å². The van der Waals surface area contributed by atoms with Crippen LogP contribution in [0.15, 0.2) is 58.1 Å². The molecule has 0 aliphatic rings. The number of anilines is 1. The highest BCUT2D eigenvalue weighted by Gasteiger charge is 2.20. The molecule has 3 aromatic rings. The lowest BCUT2D eigenvalue weighted by atomic mass is 10.1. The third-order valence-corrected chi connectivity index (χ3v) is 4.84. The van der Waals surface area contributed by atoms with Crippen molar-refractivity contribution in [2.24, 2.45) is 0 Å². The average molecular weight is 359 g/mol. The van der Waals surface area contributed by atoms with Crippen molar-refractivity contribution in [3.8, 4) is 17.0 Å². The van der Waals surface area contributed by atoms with E-state index in [1.165, 1.54) is 12.1 Å². The Kier molecular flexibility index (Phi) is 4.71. The van der Waals surface area contributed by atoms with Crippen LogP contribution in [-0.2, 0) is 10.0 Å². The second-order valence-electron chi connectivity index (χ2n) is 5.34. The van der Waals surface area contributed by atoms with Gasteiger partial charge in [0.05, 0.1) is 11.5 Å². The fourth-order valence-corrected chi connectivity index (χ4v) is 3.22. The van der Waals surface area contributed by atoms with Crippen molar-refractivity contribution in [1.82, 2.24) is 10.3 Å². The Balaban J connectivity index is 1.87. The Hall–Kier alpha value is -2.87. The third kappa shape index (κ3) is 3.80. The molecule has 7 nitrogen and oxygen atoms in total. The van der Waals surface area contributed by atoms with Crippen LogP contribution in [0.4, 0.5) is 5.82 Å². The van der Waals surface area contributed by atoms with Crippen molar-refractivity contribution in [1.29, 1.82) is 0 Å². The van der Waals surface area contributed by atoms with Crippen molar-refractivity contribution >= 4 is 15.8 Å². The van der Waals surface area contributed by atoms with Gasteiger partial charge in [0.1, 0.15) is 5.75 Å². The zero-order valence-corrected chi connectivity index (χ0v) is 14.6. The number of hydrogen-bond donors (Lipinski definition) is 1. The van der Waals surface area contributed by atoms with E-state index >= 15 is 0 Å². The molecule has 0 aliphatic carbocycles. The Labute approximate surface area is 145 Å². The molecule has 1 heterocycles. The summed E-state index contributed by atoms with van der Waals surface area (Å²) in [4.78, 5) is 0.0915. The van der Waals surface area contributed by atoms with Gasteiger partial charge in [0.25, 0.3) is 10.0 Å². The van der Waals surface area contributed by atoms with Gasteiger partial charge in [-0.1, -0.05) is 29.8 Å². The first kappa shape index (κ1) is 17.0. The van der Waals surface area contributed by atoms with Crippen molar-refractivity contribution < 1.29 is 17.8 Å². The summed E-state index contributed by atoms with van der Waals surface area (Å²) in [7, 11) is -3.82. The molecule has 25 heavy (non-hydrogen) atoms. The summed E-state index contributed by atoms with van der Waals surface area (Å²) in [6.45, 7) is 4.33. The Morgan fingerprint density at radius 3 is 2.36 bits per heavy atom. The van der Waals surface area contributed by atoms with E-state index in [0.717, 1.165) is 5.56 Å². The monoisotopic (exact) mass is 359 g/mol. The number of benzene rings is 2. The molecular formula is C17H17N3O4S. The van der Waals surface area contributed by atoms with Crippen molar-refractivity contribution in [2.45, 2.75) is 18.7 Å². The van der Waals surface area contributed by atoms with Crippen molar-refractivity contribution in [3.05, 3.63) is 54.1 Å². The molecule has 2 aromatic carbocycles. The topological polar surface area (TPSA) is 94.3 Å². The molecule has 0 unspecified atom stereocenters. The molecular weight excluding hydrogens is 342 g/mol. The average Bonchev–Trinajstić information content (AvgIpc) is 3.04. The van der Waals surface area contributed by atoms with Crippen molar-refractivity contribution in [2.75, 3.05) is 11.3 Å². The maximum absolute atomic E-state index is 12.5. The molecule has 0 atom stereocenters. The molecule has 3 rings (SSSR count). The summed E-state index contributed by atoms with van der Waals surface area (Å²) in [6, 6.07) is 13.6. The molecule has 130 valence electrons. The standard InChI is InChI=1S/C17H17N3O4S/c1-3-23-14-8-10-15(11-9-14)25(21,22)20-17-16(18-24-19-17)13-6-4-12(2)5-7-13/h4-11H,3H2,1-2H3,(H,19,20). The number of aryl methyl sites for hydroxylation is 1. The third-order valence-electron chi connectivity index (χ3n) is 3.49. The molecule has 0 saturated carbocycles. The van der Waals surface area contributed by atoms with Gasteiger partial charge >= 0.3 is 0 Å². The number of nitrogens with zero attached hydrogens (tertiary/aromatic N) is 2. The van der Waals surface area contributed by atoms with Gasteiger partial charge in [-0.3, -0.25) is 4.72 Å². The molecule has 0 fully saturated rings. The number of aromatic nitrogens is 2. The Bertz CT molecular complexity index is 948. The summed E-state index contributed by atoms with van der Waals surface area (Å²) < 4.78 is 37.5. The smallest absolute Gasteiger partial charge is 0.263 e. The maximum atomic E-state index is 12.5. The van der Waals surface area contributed by atoms with E-state index in [2.05, 4.69) is 15.0 Å². The molecule has 1 N–H and O–H groups in total. The van der Waals surface area contributed by atoms with Gasteiger partial charge in [-0.2, -0.15) is 0 Å². The maximum Gasteiger partial charge on any atom is 0.263 e. The lowest BCUT2D eigenvalue weighted by Gasteiger charge is -2.08. The van der Waals surface area contributed by atoms with E-state index in [1.807, 2.05) is 38.1 Å². The molecule has 1 aromatic heterocycles. The quantitative estimate of drug-likeness (QED) is 0.726. The van der Waals surface area contributed by atoms with E-state index < -0.39 is 10.0 Å². The Morgan fingerprint density at radius 2 is 1.72 bits per heavy atom. The number of rotatable bonds is 6. The van der Waals surface area contributed by atoms with E-state index in [0.29, 0.717) is 23.6 Å². The highest BCUT2D eigenvalue weighted by Crippen LogP contribution is 2.27. The first-order chi connectivity index (χ1) is 12.0. The van der Waals surface area contributed by atoms with Crippen LogP contribution in [0.3, 0.4) is 0 Å². The molecule has 0 amide bonds. The number of ether oxygens (including phenoxy) is 1. The fraction of sp³-hybridized carbons (Fsp3) is 0.176. The lowest BCUT2D eigenvalue weighted by molar-refractivity contribution is 0.310. The first-order valence-electron chi connectivity index (χ1n) is 7.65. The minimum atomic E-state index is -3.82. The van der Waals surface area contributed by atoms with Crippen LogP contribution in [0.5, 0.6) is 5.75 Å². The SMILES string of the molecule is CCOc1ccc(S(=O)(=O)Nc2nonc2-c2ccc(C)cc2)cc1. The summed E-state index contributed by atoms with van der Waals surface area (Å²) in [5, 5.41) is 7.47.